The minimum absolute atomic E-state index is 0.0921. The zero-order valence-corrected chi connectivity index (χ0v) is 27.4. The molecule has 1 aliphatic heterocycles. The topological polar surface area (TPSA) is 135 Å². The molecule has 1 fully saturated rings. The number of nitrogens with zero attached hydrogens (tertiary/aromatic N) is 3. The van der Waals surface area contributed by atoms with E-state index in [-0.39, 0.29) is 23.9 Å². The molecule has 0 radical (unpaired) electrons. The summed E-state index contributed by atoms with van der Waals surface area (Å²) in [7, 11) is -0.328. The van der Waals surface area contributed by atoms with Crippen molar-refractivity contribution in [3.05, 3.63) is 46.9 Å². The third kappa shape index (κ3) is 7.46. The molecule has 1 saturated heterocycles. The Morgan fingerprint density at radius 2 is 1.93 bits per heavy atom. The van der Waals surface area contributed by atoms with E-state index in [1.165, 1.54) is 19.5 Å². The Kier molecular flexibility index (Phi) is 10.7. The van der Waals surface area contributed by atoms with E-state index >= 15 is 0 Å². The van der Waals surface area contributed by atoms with Crippen LogP contribution in [0.1, 0.15) is 33.6 Å². The number of piperidine rings is 1. The third-order valence-corrected chi connectivity index (χ3v) is 11.2. The van der Waals surface area contributed by atoms with Gasteiger partial charge in [-0.15, -0.1) is 0 Å². The van der Waals surface area contributed by atoms with Crippen molar-refractivity contribution in [2.24, 2.45) is 11.8 Å². The summed E-state index contributed by atoms with van der Waals surface area (Å²) in [6.07, 6.45) is 2.71. The molecule has 2 heterocycles. The van der Waals surface area contributed by atoms with Crippen molar-refractivity contribution in [2.45, 2.75) is 39.2 Å². The molecule has 234 valence electrons. The van der Waals surface area contributed by atoms with Crippen LogP contribution in [0.15, 0.2) is 41.1 Å². The maximum absolute atomic E-state index is 14.5. The monoisotopic (exact) mass is 681 g/mol. The second kappa shape index (κ2) is 13.9. The van der Waals surface area contributed by atoms with Gasteiger partial charge >= 0.3 is 5.97 Å². The average molecular weight is 683 g/mol. The molecule has 0 amide bonds. The quantitative estimate of drug-likeness (QED) is 0.176. The number of benzene rings is 2. The Hall–Kier alpha value is -2.83. The van der Waals surface area contributed by atoms with E-state index in [2.05, 4.69) is 36.3 Å². The SMILES string of the molecule is COCP(=O)(NC(C)(C(=O)O)C(C)C)N1CCC(COc2cc3ncnc(Nc4ccc(Br)cc4F)c3cc2OC)CC1. The molecular weight excluding hydrogens is 644 g/mol. The number of ether oxygens (including phenoxy) is 3. The summed E-state index contributed by atoms with van der Waals surface area (Å²) in [6, 6.07) is 8.25. The zero-order valence-electron chi connectivity index (χ0n) is 24.9. The molecule has 2 atom stereocenters. The van der Waals surface area contributed by atoms with Crippen molar-refractivity contribution in [1.29, 1.82) is 0 Å². The molecule has 14 heteroatoms. The fraction of sp³-hybridized carbons (Fsp3) is 0.483. The standard InChI is InChI=1S/C29H38BrFN5O6P/c1-18(2)29(3,28(37)38)35-43(39,17-40-4)36-10-8-19(9-11-36)15-42-26-14-24-21(13-25(26)41-5)27(33-16-32-24)34-23-7-6-20(30)12-22(23)31/h6-7,12-14,16,18-19H,8-11,15,17H2,1-5H3,(H,35,39)(H,37,38)(H,32,33,34). The van der Waals surface area contributed by atoms with E-state index in [9.17, 15) is 18.9 Å². The fourth-order valence-electron chi connectivity index (χ4n) is 4.92. The minimum atomic E-state index is -3.33. The maximum atomic E-state index is 14.5. The molecule has 2 aromatic carbocycles. The molecule has 3 N–H and O–H groups in total. The number of fused-ring (bicyclic) bond motifs is 1. The lowest BCUT2D eigenvalue weighted by molar-refractivity contribution is -0.145. The highest BCUT2D eigenvalue weighted by Crippen LogP contribution is 2.50. The largest absolute Gasteiger partial charge is 0.493 e. The third-order valence-electron chi connectivity index (χ3n) is 7.94. The highest BCUT2D eigenvalue weighted by molar-refractivity contribution is 9.10. The van der Waals surface area contributed by atoms with Crippen molar-refractivity contribution in [2.75, 3.05) is 45.6 Å². The molecule has 43 heavy (non-hydrogen) atoms. The number of carboxylic acids is 1. The number of aliphatic carboxylic acids is 1. The van der Waals surface area contributed by atoms with Crippen molar-refractivity contribution in [3.63, 3.8) is 0 Å². The van der Waals surface area contributed by atoms with Crippen LogP contribution in [0.4, 0.5) is 15.9 Å². The van der Waals surface area contributed by atoms with Gasteiger partial charge in [0.15, 0.2) is 11.5 Å². The van der Waals surface area contributed by atoms with Crippen LogP contribution >= 0.6 is 23.4 Å². The van der Waals surface area contributed by atoms with Crippen molar-refractivity contribution in [1.82, 2.24) is 19.7 Å². The summed E-state index contributed by atoms with van der Waals surface area (Å²) in [5.41, 5.74) is -0.499. The smallest absolute Gasteiger partial charge is 0.324 e. The van der Waals surface area contributed by atoms with Gasteiger partial charge in [0.2, 0.25) is 7.44 Å². The Morgan fingerprint density at radius 1 is 1.21 bits per heavy atom. The van der Waals surface area contributed by atoms with Crippen LogP contribution in [-0.4, -0.2) is 71.5 Å². The molecule has 0 spiro atoms. The van der Waals surface area contributed by atoms with E-state index in [0.717, 1.165) is 0 Å². The number of methoxy groups -OCH3 is 2. The summed E-state index contributed by atoms with van der Waals surface area (Å²) in [5, 5.41) is 16.5. The number of rotatable bonds is 13. The number of carbonyl (C=O) groups is 1. The van der Waals surface area contributed by atoms with Crippen LogP contribution in [-0.2, 0) is 14.1 Å². The molecule has 1 aliphatic rings. The van der Waals surface area contributed by atoms with Crippen LogP contribution in [0.3, 0.4) is 0 Å². The van der Waals surface area contributed by atoms with Crippen molar-refractivity contribution >= 4 is 51.8 Å². The molecule has 4 rings (SSSR count). The second-order valence-electron chi connectivity index (χ2n) is 11.1. The van der Waals surface area contributed by atoms with Crippen LogP contribution in [0.5, 0.6) is 11.5 Å². The van der Waals surface area contributed by atoms with Gasteiger partial charge in [-0.2, -0.15) is 0 Å². The Morgan fingerprint density at radius 3 is 2.53 bits per heavy atom. The van der Waals surface area contributed by atoms with Gasteiger partial charge < -0.3 is 24.6 Å². The predicted molar refractivity (Wildman–Crippen MR) is 167 cm³/mol. The zero-order chi connectivity index (χ0) is 31.4. The number of aromatic nitrogens is 2. The van der Waals surface area contributed by atoms with Crippen molar-refractivity contribution < 1.29 is 33.1 Å². The second-order valence-corrected chi connectivity index (χ2v) is 14.5. The number of hydrogen-bond acceptors (Lipinski definition) is 8. The van der Waals surface area contributed by atoms with Gasteiger partial charge in [0.25, 0.3) is 0 Å². The molecule has 0 bridgehead atoms. The van der Waals surface area contributed by atoms with Crippen LogP contribution in [0, 0.1) is 17.7 Å². The summed E-state index contributed by atoms with van der Waals surface area (Å²) in [5.74, 6) is -0.186. The summed E-state index contributed by atoms with van der Waals surface area (Å²) >= 11 is 3.26. The van der Waals surface area contributed by atoms with E-state index in [0.29, 0.717) is 65.2 Å². The molecule has 11 nitrogen and oxygen atoms in total. The van der Waals surface area contributed by atoms with Crippen molar-refractivity contribution in [3.8, 4) is 11.5 Å². The van der Waals surface area contributed by atoms with Crippen LogP contribution in [0.2, 0.25) is 0 Å². The fourth-order valence-corrected chi connectivity index (χ4v) is 7.93. The lowest BCUT2D eigenvalue weighted by Crippen LogP contribution is -2.54. The minimum Gasteiger partial charge on any atom is -0.493 e. The highest BCUT2D eigenvalue weighted by Gasteiger charge is 2.45. The van der Waals surface area contributed by atoms with Crippen LogP contribution < -0.4 is 19.9 Å². The van der Waals surface area contributed by atoms with E-state index < -0.39 is 24.8 Å². The number of anilines is 2. The Bertz CT molecular complexity index is 1510. The first-order chi connectivity index (χ1) is 20.4. The lowest BCUT2D eigenvalue weighted by Gasteiger charge is -2.41. The molecule has 2 unspecified atom stereocenters. The first kappa shape index (κ1) is 33.1. The predicted octanol–water partition coefficient (Wildman–Crippen LogP) is 6.26. The van der Waals surface area contributed by atoms with Gasteiger partial charge in [-0.3, -0.25) is 9.36 Å². The van der Waals surface area contributed by atoms with E-state index in [1.807, 2.05) is 4.67 Å². The Balaban J connectivity index is 1.44. The Labute approximate surface area is 259 Å². The summed E-state index contributed by atoms with van der Waals surface area (Å²) < 4.78 is 48.0. The summed E-state index contributed by atoms with van der Waals surface area (Å²) in [6.45, 7) is 6.53. The van der Waals surface area contributed by atoms with Gasteiger partial charge in [0.05, 0.1) is 24.9 Å². The number of halogens is 2. The van der Waals surface area contributed by atoms with Gasteiger partial charge in [0.1, 0.15) is 29.8 Å². The maximum Gasteiger partial charge on any atom is 0.324 e. The molecule has 0 saturated carbocycles. The van der Waals surface area contributed by atoms with Gasteiger partial charge in [-0.1, -0.05) is 29.8 Å². The molecule has 3 aromatic rings. The molecular formula is C29H38BrFN5O6P. The van der Waals surface area contributed by atoms with Gasteiger partial charge in [-0.05, 0) is 55.9 Å². The van der Waals surface area contributed by atoms with E-state index in [4.69, 9.17) is 14.2 Å². The number of hydrogen-bond donors (Lipinski definition) is 3. The average Bonchev–Trinajstić information content (AvgIpc) is 2.97. The van der Waals surface area contributed by atoms with Gasteiger partial charge in [0, 0.05) is 36.1 Å². The summed E-state index contributed by atoms with van der Waals surface area (Å²) in [4.78, 5) is 20.7. The lowest BCUT2D eigenvalue weighted by atomic mass is 9.90. The molecule has 0 aliphatic carbocycles. The number of carboxylic acid groups (broad SMARTS) is 1. The van der Waals surface area contributed by atoms with Gasteiger partial charge in [-0.25, -0.2) is 24.1 Å². The normalized spacial score (nSPS) is 17.4. The first-order valence-corrected chi connectivity index (χ1v) is 16.6. The molecule has 1 aromatic heterocycles. The highest BCUT2D eigenvalue weighted by atomic mass is 79.9. The number of nitrogens with one attached hydrogen (secondary N) is 2. The van der Waals surface area contributed by atoms with E-state index in [1.54, 1.807) is 52.1 Å². The first-order valence-electron chi connectivity index (χ1n) is 13.9. The van der Waals surface area contributed by atoms with Crippen LogP contribution in [0.25, 0.3) is 10.9 Å².